The number of aryl methyl sites for hydroxylation is 1. The van der Waals surface area contributed by atoms with Gasteiger partial charge in [-0.15, -0.1) is 0 Å². The Balaban J connectivity index is 1.31. The Hall–Kier alpha value is -3.45. The van der Waals surface area contributed by atoms with E-state index in [1.165, 1.54) is 16.3 Å². The molecule has 1 N–H and O–H groups in total. The molecular formula is C24H28N6O. The molecule has 0 saturated carbocycles. The van der Waals surface area contributed by atoms with Crippen molar-refractivity contribution >= 4 is 16.6 Å². The summed E-state index contributed by atoms with van der Waals surface area (Å²) in [6.45, 7) is 4.65. The molecule has 0 radical (unpaired) electrons. The molecule has 0 unspecified atom stereocenters. The second-order valence-corrected chi connectivity index (χ2v) is 7.59. The van der Waals surface area contributed by atoms with Crippen LogP contribution in [0.25, 0.3) is 16.7 Å². The third kappa shape index (κ3) is 5.00. The van der Waals surface area contributed by atoms with Crippen molar-refractivity contribution in [2.45, 2.75) is 19.9 Å². The van der Waals surface area contributed by atoms with Gasteiger partial charge in [0.05, 0.1) is 7.11 Å². The second kappa shape index (κ2) is 9.57. The fourth-order valence-corrected chi connectivity index (χ4v) is 3.61. The first-order valence-electron chi connectivity index (χ1n) is 10.5. The highest BCUT2D eigenvalue weighted by atomic mass is 16.5. The minimum absolute atomic E-state index is 0.644. The first-order chi connectivity index (χ1) is 15.1. The zero-order valence-corrected chi connectivity index (χ0v) is 18.2. The van der Waals surface area contributed by atoms with E-state index >= 15 is 0 Å². The zero-order chi connectivity index (χ0) is 21.6. The second-order valence-electron chi connectivity index (χ2n) is 7.59. The molecule has 2 aromatic heterocycles. The smallest absolute Gasteiger partial charge is 0.237 e. The van der Waals surface area contributed by atoms with E-state index in [-0.39, 0.29) is 0 Å². The van der Waals surface area contributed by atoms with E-state index in [4.69, 9.17) is 4.74 Å². The minimum Gasteiger partial charge on any atom is -0.497 e. The van der Waals surface area contributed by atoms with E-state index < -0.39 is 0 Å². The SMILES string of the molecule is COc1ccc2c(CNCCCN(C)c3cc(C)nc(-n4ccnc4)n3)cccc2c1. The van der Waals surface area contributed by atoms with Gasteiger partial charge in [0.15, 0.2) is 0 Å². The molecule has 0 aliphatic rings. The van der Waals surface area contributed by atoms with Gasteiger partial charge in [-0.2, -0.15) is 4.98 Å². The summed E-state index contributed by atoms with van der Waals surface area (Å²) in [5.74, 6) is 2.45. The van der Waals surface area contributed by atoms with Gasteiger partial charge < -0.3 is 15.0 Å². The molecule has 0 fully saturated rings. The largest absolute Gasteiger partial charge is 0.497 e. The Morgan fingerprint density at radius 1 is 1.13 bits per heavy atom. The lowest BCUT2D eigenvalue weighted by Gasteiger charge is -2.19. The van der Waals surface area contributed by atoms with Gasteiger partial charge in [-0.3, -0.25) is 4.57 Å². The molecular weight excluding hydrogens is 388 g/mol. The fraction of sp³-hybridized carbons (Fsp3) is 0.292. The first kappa shape index (κ1) is 20.8. The zero-order valence-electron chi connectivity index (χ0n) is 18.2. The molecule has 0 atom stereocenters. The van der Waals surface area contributed by atoms with E-state index in [1.807, 2.05) is 29.8 Å². The van der Waals surface area contributed by atoms with Crippen molar-refractivity contribution in [2.24, 2.45) is 0 Å². The summed E-state index contributed by atoms with van der Waals surface area (Å²) in [5.41, 5.74) is 2.23. The maximum Gasteiger partial charge on any atom is 0.237 e. The number of fused-ring (bicyclic) bond motifs is 1. The van der Waals surface area contributed by atoms with Crippen LogP contribution in [0.1, 0.15) is 17.7 Å². The van der Waals surface area contributed by atoms with Crippen LogP contribution in [0.4, 0.5) is 5.82 Å². The van der Waals surface area contributed by atoms with E-state index in [0.717, 1.165) is 43.3 Å². The van der Waals surface area contributed by atoms with Gasteiger partial charge in [0.25, 0.3) is 0 Å². The van der Waals surface area contributed by atoms with Gasteiger partial charge in [-0.25, -0.2) is 9.97 Å². The summed E-state index contributed by atoms with van der Waals surface area (Å²) in [7, 11) is 3.77. The molecule has 0 saturated heterocycles. The Labute approximate surface area is 182 Å². The number of ether oxygens (including phenoxy) is 1. The summed E-state index contributed by atoms with van der Waals surface area (Å²) < 4.78 is 7.16. The van der Waals surface area contributed by atoms with Crippen molar-refractivity contribution < 1.29 is 4.74 Å². The van der Waals surface area contributed by atoms with Gasteiger partial charge in [-0.05, 0) is 48.4 Å². The third-order valence-electron chi connectivity index (χ3n) is 5.30. The van der Waals surface area contributed by atoms with E-state index in [1.54, 1.807) is 19.6 Å². The Morgan fingerprint density at radius 3 is 2.84 bits per heavy atom. The van der Waals surface area contributed by atoms with Gasteiger partial charge in [0.1, 0.15) is 17.9 Å². The fourth-order valence-electron chi connectivity index (χ4n) is 3.61. The van der Waals surface area contributed by atoms with E-state index in [2.05, 4.69) is 62.5 Å². The van der Waals surface area contributed by atoms with Crippen LogP contribution in [0, 0.1) is 6.92 Å². The van der Waals surface area contributed by atoms with Crippen LogP contribution in [0.15, 0.2) is 61.2 Å². The van der Waals surface area contributed by atoms with Crippen LogP contribution in [0.2, 0.25) is 0 Å². The predicted molar refractivity (Wildman–Crippen MR) is 124 cm³/mol. The quantitative estimate of drug-likeness (QED) is 0.419. The Bertz CT molecular complexity index is 1140. The normalized spacial score (nSPS) is 11.1. The molecule has 0 amide bonds. The van der Waals surface area contributed by atoms with Crippen molar-refractivity contribution in [1.82, 2.24) is 24.8 Å². The van der Waals surface area contributed by atoms with Crippen molar-refractivity contribution in [3.05, 3.63) is 72.4 Å². The summed E-state index contributed by atoms with van der Waals surface area (Å²) in [6.07, 6.45) is 6.31. The number of anilines is 1. The number of hydrogen-bond donors (Lipinski definition) is 1. The number of nitrogens with one attached hydrogen (secondary N) is 1. The van der Waals surface area contributed by atoms with E-state index in [9.17, 15) is 0 Å². The molecule has 31 heavy (non-hydrogen) atoms. The molecule has 0 aliphatic heterocycles. The number of benzene rings is 2. The van der Waals surface area contributed by atoms with Crippen LogP contribution < -0.4 is 15.0 Å². The molecule has 7 nitrogen and oxygen atoms in total. The summed E-state index contributed by atoms with van der Waals surface area (Å²) in [4.78, 5) is 15.4. The molecule has 0 bridgehead atoms. The molecule has 4 rings (SSSR count). The van der Waals surface area contributed by atoms with Gasteiger partial charge >= 0.3 is 0 Å². The van der Waals surface area contributed by atoms with Crippen LogP contribution in [0.5, 0.6) is 5.75 Å². The molecule has 4 aromatic rings. The van der Waals surface area contributed by atoms with Crippen molar-refractivity contribution in [3.63, 3.8) is 0 Å². The van der Waals surface area contributed by atoms with Crippen LogP contribution >= 0.6 is 0 Å². The lowest BCUT2D eigenvalue weighted by molar-refractivity contribution is 0.415. The van der Waals surface area contributed by atoms with Crippen molar-refractivity contribution in [3.8, 4) is 11.7 Å². The molecule has 0 spiro atoms. The van der Waals surface area contributed by atoms with E-state index in [0.29, 0.717) is 5.95 Å². The Morgan fingerprint density at radius 2 is 2.03 bits per heavy atom. The van der Waals surface area contributed by atoms with Crippen LogP contribution in [-0.2, 0) is 6.54 Å². The number of nitrogens with zero attached hydrogens (tertiary/aromatic N) is 5. The molecule has 2 aromatic carbocycles. The number of aromatic nitrogens is 4. The first-order valence-corrected chi connectivity index (χ1v) is 10.5. The van der Waals surface area contributed by atoms with Crippen LogP contribution in [0.3, 0.4) is 0 Å². The standard InChI is InChI=1S/C24H28N6O/c1-18-14-23(28-24(27-18)30-13-11-26-17-30)29(2)12-5-10-25-16-20-7-4-6-19-15-21(31-3)8-9-22(19)20/h4,6-9,11,13-15,17,25H,5,10,12,16H2,1-3H3. The van der Waals surface area contributed by atoms with Gasteiger partial charge in [0.2, 0.25) is 5.95 Å². The van der Waals surface area contributed by atoms with Crippen molar-refractivity contribution in [2.75, 3.05) is 32.1 Å². The maximum absolute atomic E-state index is 5.34. The molecule has 160 valence electrons. The summed E-state index contributed by atoms with van der Waals surface area (Å²) in [6, 6.07) is 14.6. The van der Waals surface area contributed by atoms with Crippen molar-refractivity contribution in [1.29, 1.82) is 0 Å². The average molecular weight is 417 g/mol. The Kier molecular flexibility index (Phi) is 6.43. The molecule has 0 aliphatic carbocycles. The third-order valence-corrected chi connectivity index (χ3v) is 5.30. The summed E-state index contributed by atoms with van der Waals surface area (Å²) in [5, 5.41) is 6.03. The molecule has 7 heteroatoms. The average Bonchev–Trinajstić information content (AvgIpc) is 3.33. The summed E-state index contributed by atoms with van der Waals surface area (Å²) >= 11 is 0. The predicted octanol–water partition coefficient (Wildman–Crippen LogP) is 3.75. The number of hydrogen-bond acceptors (Lipinski definition) is 6. The highest BCUT2D eigenvalue weighted by Gasteiger charge is 2.08. The number of rotatable bonds is 9. The lowest BCUT2D eigenvalue weighted by atomic mass is 10.0. The number of methoxy groups -OCH3 is 1. The highest BCUT2D eigenvalue weighted by molar-refractivity contribution is 5.87. The molecule has 2 heterocycles. The monoisotopic (exact) mass is 416 g/mol. The van der Waals surface area contributed by atoms with Gasteiger partial charge in [0, 0.05) is 44.3 Å². The topological polar surface area (TPSA) is 68.1 Å². The lowest BCUT2D eigenvalue weighted by Crippen LogP contribution is -2.25. The number of imidazole rings is 1. The highest BCUT2D eigenvalue weighted by Crippen LogP contribution is 2.23. The maximum atomic E-state index is 5.34. The van der Waals surface area contributed by atoms with Gasteiger partial charge in [-0.1, -0.05) is 24.3 Å². The minimum atomic E-state index is 0.644. The van der Waals surface area contributed by atoms with Crippen LogP contribution in [-0.4, -0.2) is 46.8 Å².